The summed E-state index contributed by atoms with van der Waals surface area (Å²) in [6, 6.07) is 19.1. The van der Waals surface area contributed by atoms with Crippen molar-refractivity contribution in [1.29, 1.82) is 0 Å². The van der Waals surface area contributed by atoms with Gasteiger partial charge in [-0.3, -0.25) is 10.9 Å². The Kier molecular flexibility index (Phi) is 10.7. The Bertz CT molecular complexity index is 1860. The van der Waals surface area contributed by atoms with E-state index in [2.05, 4.69) is 45.8 Å². The van der Waals surface area contributed by atoms with Crippen LogP contribution >= 0.6 is 23.2 Å². The number of aromatic nitrogens is 2. The third-order valence-electron chi connectivity index (χ3n) is 6.28. The number of nitrogens with one attached hydrogen (secondary N) is 5. The van der Waals surface area contributed by atoms with Crippen molar-refractivity contribution >= 4 is 77.9 Å². The molecule has 0 bridgehead atoms. The molecule has 1 heterocycles. The Hall–Kier alpha value is -4.12. The van der Waals surface area contributed by atoms with Crippen molar-refractivity contribution < 1.29 is 16.8 Å². The fourth-order valence-corrected chi connectivity index (χ4v) is 5.48. The van der Waals surface area contributed by atoms with Gasteiger partial charge in [0.05, 0.1) is 31.3 Å². The van der Waals surface area contributed by atoms with Gasteiger partial charge in [0.15, 0.2) is 11.6 Å². The molecule has 4 aromatic rings. The van der Waals surface area contributed by atoms with E-state index < -0.39 is 20.0 Å². The average molecular weight is 691 g/mol. The SMILES string of the molecule is CNS(=O)(=O)c1ccc(C(C)=NNc2cc(NN=C(C)c3ccc(S(=O)(=O)NC)cc3)nc(Nc3ccc(Cl)c(Cl)c3)n2)cc1. The monoisotopic (exact) mass is 689 g/mol. The fraction of sp³-hybridized carbons (Fsp3) is 0.143. The predicted octanol–water partition coefficient (Wildman–Crippen LogP) is 5.02. The molecule has 0 radical (unpaired) electrons. The molecule has 0 fully saturated rings. The van der Waals surface area contributed by atoms with Gasteiger partial charge in [-0.1, -0.05) is 47.5 Å². The minimum absolute atomic E-state index is 0.133. The molecule has 0 aliphatic heterocycles. The van der Waals surface area contributed by atoms with Crippen molar-refractivity contribution in [1.82, 2.24) is 19.4 Å². The van der Waals surface area contributed by atoms with E-state index in [1.54, 1.807) is 62.4 Å². The van der Waals surface area contributed by atoms with Crippen LogP contribution in [0.1, 0.15) is 25.0 Å². The standard InChI is InChI=1S/C28H29Cl2N9O4S2/c1-17(19-5-10-22(11-6-19)44(40,41)31-3)36-38-26-16-27(35-28(34-26)33-21-9-14-24(29)25(30)15-21)39-37-18(2)20-7-12-23(13-8-20)45(42,43)32-4/h5-16,31-32H,1-4H3,(H3,33,34,35,38,39). The first-order chi connectivity index (χ1) is 21.3. The fourth-order valence-electron chi connectivity index (χ4n) is 3.72. The maximum Gasteiger partial charge on any atom is 0.240 e. The first kappa shape index (κ1) is 33.8. The van der Waals surface area contributed by atoms with Gasteiger partial charge in [-0.2, -0.15) is 20.2 Å². The molecule has 0 spiro atoms. The van der Waals surface area contributed by atoms with Crippen molar-refractivity contribution in [2.75, 3.05) is 30.3 Å². The molecule has 3 aromatic carbocycles. The summed E-state index contributed by atoms with van der Waals surface area (Å²) in [5.74, 6) is 0.793. The van der Waals surface area contributed by atoms with E-state index in [9.17, 15) is 16.8 Å². The van der Waals surface area contributed by atoms with Crippen LogP contribution in [0.3, 0.4) is 0 Å². The summed E-state index contributed by atoms with van der Waals surface area (Å²) < 4.78 is 52.7. The van der Waals surface area contributed by atoms with Gasteiger partial charge in [-0.25, -0.2) is 26.3 Å². The smallest absolute Gasteiger partial charge is 0.240 e. The Labute approximate surface area is 271 Å². The molecular weight excluding hydrogens is 661 g/mol. The van der Waals surface area contributed by atoms with E-state index in [0.717, 1.165) is 0 Å². The molecule has 0 aliphatic carbocycles. The number of hydrogen-bond donors (Lipinski definition) is 5. The zero-order chi connectivity index (χ0) is 32.8. The second kappa shape index (κ2) is 14.3. The minimum Gasteiger partial charge on any atom is -0.324 e. The molecule has 0 saturated heterocycles. The quantitative estimate of drug-likeness (QED) is 0.101. The first-order valence-electron chi connectivity index (χ1n) is 13.1. The van der Waals surface area contributed by atoms with Crippen molar-refractivity contribution in [3.63, 3.8) is 0 Å². The van der Waals surface area contributed by atoms with Crippen LogP contribution in [0.2, 0.25) is 10.0 Å². The lowest BCUT2D eigenvalue weighted by molar-refractivity contribution is 0.586. The summed E-state index contributed by atoms with van der Waals surface area (Å²) in [7, 11) is -4.44. The first-order valence-corrected chi connectivity index (χ1v) is 16.8. The minimum atomic E-state index is -3.56. The zero-order valence-corrected chi connectivity index (χ0v) is 27.6. The van der Waals surface area contributed by atoms with Crippen molar-refractivity contribution in [3.05, 3.63) is 94.0 Å². The van der Waals surface area contributed by atoms with Crippen LogP contribution in [-0.4, -0.2) is 52.3 Å². The molecule has 0 unspecified atom stereocenters. The van der Waals surface area contributed by atoms with Crippen molar-refractivity contribution in [3.8, 4) is 0 Å². The molecule has 236 valence electrons. The third-order valence-corrected chi connectivity index (χ3v) is 9.88. The zero-order valence-electron chi connectivity index (χ0n) is 24.4. The van der Waals surface area contributed by atoms with Gasteiger partial charge in [0.25, 0.3) is 0 Å². The normalized spacial score (nSPS) is 12.6. The van der Waals surface area contributed by atoms with Gasteiger partial charge in [0, 0.05) is 11.8 Å². The van der Waals surface area contributed by atoms with Gasteiger partial charge in [0.2, 0.25) is 26.0 Å². The van der Waals surface area contributed by atoms with Crippen LogP contribution in [0.15, 0.2) is 92.8 Å². The lowest BCUT2D eigenvalue weighted by Gasteiger charge is -2.11. The molecule has 0 amide bonds. The molecule has 0 atom stereocenters. The average Bonchev–Trinajstić information content (AvgIpc) is 3.04. The summed E-state index contributed by atoms with van der Waals surface area (Å²) in [5.41, 5.74) is 8.88. The number of benzene rings is 3. The summed E-state index contributed by atoms with van der Waals surface area (Å²) in [6.45, 7) is 3.51. The molecule has 45 heavy (non-hydrogen) atoms. The molecule has 13 nitrogen and oxygen atoms in total. The summed E-state index contributed by atoms with van der Waals surface area (Å²) >= 11 is 12.2. The summed E-state index contributed by atoms with van der Waals surface area (Å²) in [4.78, 5) is 9.22. The van der Waals surface area contributed by atoms with Crippen LogP contribution in [0, 0.1) is 0 Å². The van der Waals surface area contributed by atoms with E-state index in [-0.39, 0.29) is 15.7 Å². The highest BCUT2D eigenvalue weighted by atomic mass is 35.5. The van der Waals surface area contributed by atoms with E-state index >= 15 is 0 Å². The largest absolute Gasteiger partial charge is 0.324 e. The Morgan fingerprint density at radius 1 is 0.644 bits per heavy atom. The number of hydrogen-bond acceptors (Lipinski definition) is 11. The Balaban J connectivity index is 1.60. The number of hydrazone groups is 2. The lowest BCUT2D eigenvalue weighted by Crippen LogP contribution is -2.18. The van der Waals surface area contributed by atoms with Crippen LogP contribution in [0.4, 0.5) is 23.3 Å². The number of halogens is 2. The van der Waals surface area contributed by atoms with Crippen LogP contribution in [0.5, 0.6) is 0 Å². The topological polar surface area (TPSA) is 179 Å². The van der Waals surface area contributed by atoms with Gasteiger partial charge in [0.1, 0.15) is 0 Å². The van der Waals surface area contributed by atoms with Gasteiger partial charge < -0.3 is 5.32 Å². The number of nitrogens with zero attached hydrogens (tertiary/aromatic N) is 4. The van der Waals surface area contributed by atoms with Gasteiger partial charge in [-0.15, -0.1) is 0 Å². The Morgan fingerprint density at radius 3 is 1.49 bits per heavy atom. The third kappa shape index (κ3) is 8.75. The molecule has 5 N–H and O–H groups in total. The number of rotatable bonds is 12. The molecule has 0 saturated carbocycles. The highest BCUT2D eigenvalue weighted by molar-refractivity contribution is 7.89. The number of anilines is 4. The maximum atomic E-state index is 12.0. The lowest BCUT2D eigenvalue weighted by atomic mass is 10.1. The predicted molar refractivity (Wildman–Crippen MR) is 179 cm³/mol. The molecular formula is C28H29Cl2N9O4S2. The van der Waals surface area contributed by atoms with Crippen molar-refractivity contribution in [2.45, 2.75) is 23.6 Å². The van der Waals surface area contributed by atoms with Crippen LogP contribution in [-0.2, 0) is 20.0 Å². The maximum absolute atomic E-state index is 12.0. The molecule has 4 rings (SSSR count). The highest BCUT2D eigenvalue weighted by Gasteiger charge is 2.13. The molecule has 1 aromatic heterocycles. The van der Waals surface area contributed by atoms with Gasteiger partial charge in [-0.05, 0) is 81.5 Å². The second-order valence-corrected chi connectivity index (χ2v) is 13.9. The highest BCUT2D eigenvalue weighted by Crippen LogP contribution is 2.27. The second-order valence-electron chi connectivity index (χ2n) is 9.30. The van der Waals surface area contributed by atoms with Crippen LogP contribution < -0.4 is 25.6 Å². The Morgan fingerprint density at radius 2 is 1.09 bits per heavy atom. The van der Waals surface area contributed by atoms with E-state index in [4.69, 9.17) is 23.2 Å². The van der Waals surface area contributed by atoms with E-state index in [1.807, 2.05) is 0 Å². The molecule has 17 heteroatoms. The summed E-state index contributed by atoms with van der Waals surface area (Å²) in [6.07, 6.45) is 0. The van der Waals surface area contributed by atoms with Crippen LogP contribution in [0.25, 0.3) is 0 Å². The van der Waals surface area contributed by atoms with E-state index in [1.165, 1.54) is 38.4 Å². The number of sulfonamides is 2. The van der Waals surface area contributed by atoms with Gasteiger partial charge >= 0.3 is 0 Å². The van der Waals surface area contributed by atoms with Crippen molar-refractivity contribution in [2.24, 2.45) is 10.2 Å². The van der Waals surface area contributed by atoms with E-state index in [0.29, 0.717) is 49.9 Å². The summed E-state index contributed by atoms with van der Waals surface area (Å²) in [5, 5.41) is 12.6. The molecule has 0 aliphatic rings.